The Morgan fingerprint density at radius 3 is 2.40 bits per heavy atom. The highest BCUT2D eigenvalue weighted by molar-refractivity contribution is 5.80. The predicted molar refractivity (Wildman–Crippen MR) is 83.7 cm³/mol. The predicted octanol–water partition coefficient (Wildman–Crippen LogP) is 2.88. The summed E-state index contributed by atoms with van der Waals surface area (Å²) in [6, 6.07) is 10.5. The van der Waals surface area contributed by atoms with Crippen molar-refractivity contribution in [3.63, 3.8) is 0 Å². The molecule has 2 unspecified atom stereocenters. The quantitative estimate of drug-likeness (QED) is 0.661. The molecular weight excluding hydrogens is 246 g/mol. The van der Waals surface area contributed by atoms with Gasteiger partial charge in [-0.25, -0.2) is 0 Å². The first-order valence-electron chi connectivity index (χ1n) is 7.86. The Morgan fingerprint density at radius 1 is 1.15 bits per heavy atom. The van der Waals surface area contributed by atoms with Crippen molar-refractivity contribution < 1.29 is 0 Å². The molecule has 1 N–H and O–H groups in total. The van der Waals surface area contributed by atoms with Gasteiger partial charge in [-0.2, -0.15) is 0 Å². The Balaban J connectivity index is 1.57. The van der Waals surface area contributed by atoms with Gasteiger partial charge >= 0.3 is 0 Å². The van der Waals surface area contributed by atoms with Gasteiger partial charge in [0.2, 0.25) is 0 Å². The molecule has 3 nitrogen and oxygen atoms in total. The van der Waals surface area contributed by atoms with E-state index in [0.29, 0.717) is 0 Å². The van der Waals surface area contributed by atoms with Crippen molar-refractivity contribution >= 4 is 5.96 Å². The van der Waals surface area contributed by atoms with Crippen LogP contribution in [-0.4, -0.2) is 31.0 Å². The zero-order chi connectivity index (χ0) is 13.8. The third kappa shape index (κ3) is 2.97. The van der Waals surface area contributed by atoms with E-state index in [0.717, 1.165) is 24.3 Å². The van der Waals surface area contributed by atoms with Gasteiger partial charge in [0, 0.05) is 26.7 Å². The highest BCUT2D eigenvalue weighted by Gasteiger charge is 2.35. The highest BCUT2D eigenvalue weighted by atomic mass is 15.3. The van der Waals surface area contributed by atoms with Crippen LogP contribution in [0, 0.1) is 11.8 Å². The molecule has 1 aliphatic carbocycles. The molecule has 108 valence electrons. The first kappa shape index (κ1) is 13.5. The molecule has 0 bridgehead atoms. The lowest BCUT2D eigenvalue weighted by Crippen LogP contribution is -2.39. The van der Waals surface area contributed by atoms with Crippen molar-refractivity contribution in [2.75, 3.05) is 20.1 Å². The number of rotatable bonds is 2. The van der Waals surface area contributed by atoms with Gasteiger partial charge < -0.3 is 10.2 Å². The molecule has 0 aromatic heterocycles. The average Bonchev–Trinajstić information content (AvgIpc) is 2.92. The highest BCUT2D eigenvalue weighted by Crippen LogP contribution is 2.35. The number of benzene rings is 1. The van der Waals surface area contributed by atoms with Crippen molar-refractivity contribution in [2.45, 2.75) is 32.2 Å². The van der Waals surface area contributed by atoms with Crippen LogP contribution in [0.25, 0.3) is 0 Å². The zero-order valence-electron chi connectivity index (χ0n) is 12.4. The molecule has 1 heterocycles. The fourth-order valence-electron chi connectivity index (χ4n) is 3.69. The van der Waals surface area contributed by atoms with E-state index in [9.17, 15) is 0 Å². The Morgan fingerprint density at radius 2 is 1.80 bits per heavy atom. The molecule has 2 atom stereocenters. The van der Waals surface area contributed by atoms with Crippen LogP contribution >= 0.6 is 0 Å². The van der Waals surface area contributed by atoms with Crippen LogP contribution in [0.5, 0.6) is 0 Å². The number of nitrogens with zero attached hydrogens (tertiary/aromatic N) is 2. The summed E-state index contributed by atoms with van der Waals surface area (Å²) in [5.74, 6) is 2.88. The minimum atomic E-state index is 0.860. The lowest BCUT2D eigenvalue weighted by Gasteiger charge is -2.22. The largest absolute Gasteiger partial charge is 0.352 e. The van der Waals surface area contributed by atoms with Gasteiger partial charge in [-0.05, 0) is 30.2 Å². The maximum absolute atomic E-state index is 4.47. The molecule has 20 heavy (non-hydrogen) atoms. The Hall–Kier alpha value is -1.51. The summed E-state index contributed by atoms with van der Waals surface area (Å²) in [5.41, 5.74) is 1.31. The molecule has 1 aromatic carbocycles. The fraction of sp³-hybridized carbons (Fsp3) is 0.588. The Bertz CT molecular complexity index is 441. The van der Waals surface area contributed by atoms with Crippen LogP contribution in [0.15, 0.2) is 35.3 Å². The number of guanidine groups is 1. The first-order chi connectivity index (χ1) is 9.86. The molecule has 1 saturated carbocycles. The van der Waals surface area contributed by atoms with Crippen LogP contribution in [-0.2, 0) is 6.54 Å². The van der Waals surface area contributed by atoms with Gasteiger partial charge in [0.1, 0.15) is 0 Å². The van der Waals surface area contributed by atoms with E-state index < -0.39 is 0 Å². The summed E-state index contributed by atoms with van der Waals surface area (Å²) < 4.78 is 0. The van der Waals surface area contributed by atoms with Crippen LogP contribution in [0.2, 0.25) is 0 Å². The second-order valence-corrected chi connectivity index (χ2v) is 6.10. The van der Waals surface area contributed by atoms with Gasteiger partial charge in [-0.1, -0.05) is 43.2 Å². The number of hydrogen-bond donors (Lipinski definition) is 1. The van der Waals surface area contributed by atoms with E-state index in [1.165, 1.54) is 44.3 Å². The Kier molecular flexibility index (Phi) is 4.24. The number of nitrogens with one attached hydrogen (secondary N) is 1. The number of likely N-dealkylation sites (tertiary alicyclic amines) is 1. The molecule has 3 rings (SSSR count). The van der Waals surface area contributed by atoms with Crippen molar-refractivity contribution in [1.82, 2.24) is 10.2 Å². The Labute approximate surface area is 122 Å². The van der Waals surface area contributed by atoms with Crippen LogP contribution in [0.4, 0.5) is 0 Å². The van der Waals surface area contributed by atoms with Gasteiger partial charge in [0.15, 0.2) is 5.96 Å². The van der Waals surface area contributed by atoms with E-state index in [2.05, 4.69) is 45.5 Å². The third-order valence-electron chi connectivity index (χ3n) is 4.78. The number of hydrogen-bond acceptors (Lipinski definition) is 1. The van der Waals surface area contributed by atoms with Gasteiger partial charge in [-0.3, -0.25) is 4.99 Å². The molecule has 0 spiro atoms. The second-order valence-electron chi connectivity index (χ2n) is 6.10. The summed E-state index contributed by atoms with van der Waals surface area (Å²) in [7, 11) is 1.90. The topological polar surface area (TPSA) is 27.6 Å². The maximum Gasteiger partial charge on any atom is 0.193 e. The number of fused-ring (bicyclic) bond motifs is 1. The van der Waals surface area contributed by atoms with E-state index in [-0.39, 0.29) is 0 Å². The van der Waals surface area contributed by atoms with Gasteiger partial charge in [-0.15, -0.1) is 0 Å². The summed E-state index contributed by atoms with van der Waals surface area (Å²) in [6.07, 6.45) is 5.67. The van der Waals surface area contributed by atoms with Crippen LogP contribution in [0.1, 0.15) is 31.2 Å². The normalized spacial score (nSPS) is 26.4. The van der Waals surface area contributed by atoms with Crippen molar-refractivity contribution in [2.24, 2.45) is 16.8 Å². The molecule has 1 aliphatic heterocycles. The fourth-order valence-corrected chi connectivity index (χ4v) is 3.69. The first-order valence-corrected chi connectivity index (χ1v) is 7.86. The number of aliphatic imine (C=N–C) groups is 1. The smallest absolute Gasteiger partial charge is 0.193 e. The lowest BCUT2D eigenvalue weighted by molar-refractivity contribution is 0.299. The molecule has 2 aliphatic rings. The zero-order valence-corrected chi connectivity index (χ0v) is 12.4. The summed E-state index contributed by atoms with van der Waals surface area (Å²) in [5, 5.41) is 3.51. The molecule has 0 radical (unpaired) electrons. The molecular formula is C17H25N3. The molecule has 1 aromatic rings. The maximum atomic E-state index is 4.47. The minimum Gasteiger partial charge on any atom is -0.352 e. The van der Waals surface area contributed by atoms with E-state index in [1.54, 1.807) is 0 Å². The third-order valence-corrected chi connectivity index (χ3v) is 4.78. The van der Waals surface area contributed by atoms with E-state index in [4.69, 9.17) is 0 Å². The molecule has 2 fully saturated rings. The molecule has 0 amide bonds. The van der Waals surface area contributed by atoms with Gasteiger partial charge in [0.05, 0.1) is 0 Å². The molecule has 3 heteroatoms. The van der Waals surface area contributed by atoms with Crippen molar-refractivity contribution in [3.8, 4) is 0 Å². The average molecular weight is 271 g/mol. The van der Waals surface area contributed by atoms with Crippen molar-refractivity contribution in [1.29, 1.82) is 0 Å². The van der Waals surface area contributed by atoms with Crippen LogP contribution in [0.3, 0.4) is 0 Å². The summed E-state index contributed by atoms with van der Waals surface area (Å²) >= 11 is 0. The van der Waals surface area contributed by atoms with E-state index in [1.807, 2.05) is 7.05 Å². The summed E-state index contributed by atoms with van der Waals surface area (Å²) in [6.45, 7) is 3.25. The standard InChI is InChI=1S/C17H25N3/c1-18-17(19-11-14-7-3-2-4-8-14)20-12-15-9-5-6-10-16(15)13-20/h2-4,7-8,15-16H,5-6,9-13H2,1H3,(H,18,19). The SMILES string of the molecule is CN=C(NCc1ccccc1)N1CC2CCCCC2C1. The van der Waals surface area contributed by atoms with Gasteiger partial charge in [0.25, 0.3) is 0 Å². The van der Waals surface area contributed by atoms with Crippen LogP contribution < -0.4 is 5.32 Å². The lowest BCUT2D eigenvalue weighted by atomic mass is 9.82. The molecule has 1 saturated heterocycles. The monoisotopic (exact) mass is 271 g/mol. The van der Waals surface area contributed by atoms with E-state index >= 15 is 0 Å². The minimum absolute atomic E-state index is 0.860. The van der Waals surface area contributed by atoms with Crippen molar-refractivity contribution in [3.05, 3.63) is 35.9 Å². The summed E-state index contributed by atoms with van der Waals surface area (Å²) in [4.78, 5) is 6.94. The second kappa shape index (κ2) is 6.29.